The average Bonchev–Trinajstić information content (AvgIpc) is 2.16. The van der Waals surface area contributed by atoms with E-state index in [1.165, 1.54) is 0 Å². The van der Waals surface area contributed by atoms with Crippen LogP contribution >= 0.6 is 15.9 Å². The minimum absolute atomic E-state index is 0.237. The number of benzene rings is 1. The third kappa shape index (κ3) is 3.05. The molecule has 0 aromatic heterocycles. The number of carbonyl (C=O) groups is 1. The molecule has 64 valence electrons. The predicted molar refractivity (Wildman–Crippen MR) is 50.0 cm³/mol. The molecule has 12 heavy (non-hydrogen) atoms. The minimum atomic E-state index is -0.237. The Kier molecular flexibility index (Phi) is 3.80. The topological polar surface area (TPSA) is 26.3 Å². The number of hydrogen-bond donors (Lipinski definition) is 0. The SMILES string of the molecule is O=C(CBr)O[13CH2][13c]1ccccc1. The van der Waals surface area contributed by atoms with Gasteiger partial charge in [-0.1, -0.05) is 46.3 Å². The van der Waals surface area contributed by atoms with Gasteiger partial charge < -0.3 is 4.74 Å². The van der Waals surface area contributed by atoms with Crippen molar-refractivity contribution >= 4 is 21.9 Å². The van der Waals surface area contributed by atoms with Crippen molar-refractivity contribution in [2.45, 2.75) is 6.61 Å². The second-order valence-corrected chi connectivity index (χ2v) is 2.84. The number of hydrogen-bond acceptors (Lipinski definition) is 2. The first-order chi connectivity index (χ1) is 5.83. The van der Waals surface area contributed by atoms with Gasteiger partial charge >= 0.3 is 5.97 Å². The van der Waals surface area contributed by atoms with Crippen LogP contribution < -0.4 is 0 Å². The molecule has 0 amide bonds. The molecule has 0 unspecified atom stereocenters. The van der Waals surface area contributed by atoms with Gasteiger partial charge in [-0.05, 0) is 5.56 Å². The van der Waals surface area contributed by atoms with Gasteiger partial charge in [-0.25, -0.2) is 0 Å². The van der Waals surface area contributed by atoms with Crippen molar-refractivity contribution < 1.29 is 9.53 Å². The zero-order chi connectivity index (χ0) is 8.81. The summed E-state index contributed by atoms with van der Waals surface area (Å²) in [5.74, 6) is -0.237. The molecule has 3 heteroatoms. The summed E-state index contributed by atoms with van der Waals surface area (Å²) in [6.45, 7) is 0.352. The van der Waals surface area contributed by atoms with Crippen molar-refractivity contribution in [2.24, 2.45) is 0 Å². The van der Waals surface area contributed by atoms with Crippen LogP contribution in [0, 0.1) is 0 Å². The van der Waals surface area contributed by atoms with Crippen molar-refractivity contribution in [1.29, 1.82) is 0 Å². The molecule has 1 aromatic carbocycles. The highest BCUT2D eigenvalue weighted by atomic mass is 79.9. The lowest BCUT2D eigenvalue weighted by Gasteiger charge is -2.01. The van der Waals surface area contributed by atoms with Gasteiger partial charge in [0.15, 0.2) is 0 Å². The molecule has 0 aliphatic rings. The van der Waals surface area contributed by atoms with Crippen LogP contribution in [0.15, 0.2) is 30.3 Å². The van der Waals surface area contributed by atoms with E-state index in [0.717, 1.165) is 5.56 Å². The minimum Gasteiger partial charge on any atom is -0.460 e. The Hall–Kier alpha value is -0.830. The summed E-state index contributed by atoms with van der Waals surface area (Å²) in [7, 11) is 0. The molecule has 0 fully saturated rings. The number of ether oxygens (including phenoxy) is 1. The molecule has 0 aliphatic carbocycles. The van der Waals surface area contributed by atoms with Crippen LogP contribution in [0.3, 0.4) is 0 Å². The zero-order valence-corrected chi connectivity index (χ0v) is 8.08. The fourth-order valence-corrected chi connectivity index (χ4v) is 0.939. The van der Waals surface area contributed by atoms with Crippen molar-refractivity contribution in [3.63, 3.8) is 0 Å². The molecule has 0 aliphatic heterocycles. The maximum Gasteiger partial charge on any atom is 0.316 e. The van der Waals surface area contributed by atoms with Gasteiger partial charge in [0, 0.05) is 0 Å². The molecule has 0 heterocycles. The fourth-order valence-electron chi connectivity index (χ4n) is 0.777. The molecule has 0 spiro atoms. The first-order valence-corrected chi connectivity index (χ1v) is 4.70. The van der Waals surface area contributed by atoms with E-state index in [4.69, 9.17) is 4.74 Å². The highest BCUT2D eigenvalue weighted by molar-refractivity contribution is 9.09. The lowest BCUT2D eigenvalue weighted by molar-refractivity contribution is -0.141. The van der Waals surface area contributed by atoms with Crippen LogP contribution in [0.25, 0.3) is 0 Å². The monoisotopic (exact) mass is 230 g/mol. The van der Waals surface area contributed by atoms with E-state index in [0.29, 0.717) is 6.61 Å². The van der Waals surface area contributed by atoms with Gasteiger partial charge in [0.2, 0.25) is 0 Å². The first kappa shape index (κ1) is 9.26. The Morgan fingerprint density at radius 2 is 2.00 bits per heavy atom. The van der Waals surface area contributed by atoms with Gasteiger partial charge in [0.1, 0.15) is 11.9 Å². The molecule has 0 saturated carbocycles. The Morgan fingerprint density at radius 3 is 2.58 bits per heavy atom. The van der Waals surface area contributed by atoms with E-state index < -0.39 is 0 Å². The number of alkyl halides is 1. The molecule has 0 atom stereocenters. The van der Waals surface area contributed by atoms with Crippen molar-refractivity contribution in [2.75, 3.05) is 5.33 Å². The Bertz CT molecular complexity index is 246. The quantitative estimate of drug-likeness (QED) is 0.452. The third-order valence-electron chi connectivity index (χ3n) is 1.35. The van der Waals surface area contributed by atoms with E-state index in [1.54, 1.807) is 0 Å². The highest BCUT2D eigenvalue weighted by Gasteiger charge is 1.98. The Labute approximate surface area is 79.7 Å². The van der Waals surface area contributed by atoms with E-state index in [-0.39, 0.29) is 11.3 Å². The lowest BCUT2D eigenvalue weighted by atomic mass is 10.4. The van der Waals surface area contributed by atoms with Gasteiger partial charge in [-0.3, -0.25) is 4.79 Å². The summed E-state index contributed by atoms with van der Waals surface area (Å²) in [6, 6.07) is 9.59. The van der Waals surface area contributed by atoms with E-state index in [2.05, 4.69) is 15.9 Å². The van der Waals surface area contributed by atoms with Crippen LogP contribution in [0.1, 0.15) is 5.56 Å². The second-order valence-electron chi connectivity index (χ2n) is 2.28. The maximum atomic E-state index is 10.7. The van der Waals surface area contributed by atoms with Crippen LogP contribution in [0.2, 0.25) is 0 Å². The highest BCUT2D eigenvalue weighted by Crippen LogP contribution is 2.00. The number of rotatable bonds is 3. The zero-order valence-electron chi connectivity index (χ0n) is 6.50. The standard InChI is InChI=1S/C9H9BrO2/c10-6-9(11)12-7-8-4-2-1-3-5-8/h1-5H,6-7H2/i7+1,8+1. The molecule has 0 radical (unpaired) electrons. The van der Waals surface area contributed by atoms with E-state index in [9.17, 15) is 4.79 Å². The summed E-state index contributed by atoms with van der Waals surface area (Å²) in [5.41, 5.74) is 1.01. The van der Waals surface area contributed by atoms with E-state index >= 15 is 0 Å². The van der Waals surface area contributed by atoms with Gasteiger partial charge in [-0.15, -0.1) is 0 Å². The van der Waals surface area contributed by atoms with Gasteiger partial charge in [-0.2, -0.15) is 0 Å². The summed E-state index contributed by atoms with van der Waals surface area (Å²) in [6.07, 6.45) is 0. The molecule has 1 aromatic rings. The Balaban J connectivity index is 2.38. The molecular weight excluding hydrogens is 222 g/mol. The summed E-state index contributed by atoms with van der Waals surface area (Å²) in [5, 5.41) is 0.250. The van der Waals surface area contributed by atoms with Gasteiger partial charge in [0.05, 0.1) is 0 Å². The fraction of sp³-hybridized carbons (Fsp3) is 0.222. The second kappa shape index (κ2) is 4.93. The van der Waals surface area contributed by atoms with Gasteiger partial charge in [0.25, 0.3) is 0 Å². The van der Waals surface area contributed by atoms with Crippen LogP contribution in [-0.4, -0.2) is 11.3 Å². The van der Waals surface area contributed by atoms with Crippen molar-refractivity contribution in [1.82, 2.24) is 0 Å². The molecule has 1 rings (SSSR count). The van der Waals surface area contributed by atoms with E-state index in [1.807, 2.05) is 30.3 Å². The average molecular weight is 231 g/mol. The van der Waals surface area contributed by atoms with Crippen molar-refractivity contribution in [3.8, 4) is 0 Å². The lowest BCUT2D eigenvalue weighted by Crippen LogP contribution is -2.04. The number of esters is 1. The molecule has 2 nitrogen and oxygen atoms in total. The predicted octanol–water partition coefficient (Wildman–Crippen LogP) is 2.12. The largest absolute Gasteiger partial charge is 0.460 e. The number of halogens is 1. The first-order valence-electron chi connectivity index (χ1n) is 3.58. The Morgan fingerprint density at radius 1 is 1.33 bits per heavy atom. The molecular formula is C9H9BrO2. The normalized spacial score (nSPS) is 9.42. The summed E-state index contributed by atoms with van der Waals surface area (Å²) < 4.78 is 4.89. The third-order valence-corrected chi connectivity index (χ3v) is 1.81. The summed E-state index contributed by atoms with van der Waals surface area (Å²) in [4.78, 5) is 10.7. The van der Waals surface area contributed by atoms with Crippen LogP contribution in [0.5, 0.6) is 0 Å². The van der Waals surface area contributed by atoms with Crippen LogP contribution in [-0.2, 0) is 16.1 Å². The maximum absolute atomic E-state index is 10.7. The molecule has 0 bridgehead atoms. The summed E-state index contributed by atoms with van der Waals surface area (Å²) >= 11 is 3.01. The van der Waals surface area contributed by atoms with Crippen molar-refractivity contribution in [3.05, 3.63) is 35.9 Å². The van der Waals surface area contributed by atoms with Crippen LogP contribution in [0.4, 0.5) is 0 Å². The number of carbonyl (C=O) groups excluding carboxylic acids is 1. The molecule has 0 saturated heterocycles. The smallest absolute Gasteiger partial charge is 0.316 e. The molecule has 0 N–H and O–H groups in total.